The van der Waals surface area contributed by atoms with E-state index in [9.17, 15) is 34.5 Å². The molecule has 12 nitrogen and oxygen atoms in total. The molecule has 7 atom stereocenters. The molecule has 186 valence electrons. The minimum absolute atomic E-state index is 0.184. The quantitative estimate of drug-likeness (QED) is 0.124. The normalized spacial score (nSPS) is 17.8. The third-order valence-electron chi connectivity index (χ3n) is 5.24. The van der Waals surface area contributed by atoms with Crippen molar-refractivity contribution in [1.29, 1.82) is 0 Å². The molecule has 0 radical (unpaired) electrons. The van der Waals surface area contributed by atoms with Crippen molar-refractivity contribution in [2.75, 3.05) is 6.54 Å². The van der Waals surface area contributed by atoms with Crippen molar-refractivity contribution >= 4 is 23.7 Å². The van der Waals surface area contributed by atoms with Crippen molar-refractivity contribution < 1.29 is 34.5 Å². The number of hydrogen-bond acceptors (Lipinski definition) is 8. The van der Waals surface area contributed by atoms with E-state index in [0.29, 0.717) is 25.8 Å². The molecule has 3 amide bonds. The molecule has 0 aromatic rings. The van der Waals surface area contributed by atoms with Gasteiger partial charge in [-0.1, -0.05) is 20.3 Å². The minimum atomic E-state index is -1.44. The van der Waals surface area contributed by atoms with Crippen LogP contribution in [0.1, 0.15) is 53.4 Å². The molecule has 0 aliphatic heterocycles. The Balaban J connectivity index is 5.44. The first-order chi connectivity index (χ1) is 14.9. The average molecular weight is 462 g/mol. The second-order valence-corrected chi connectivity index (χ2v) is 8.05. The Kier molecular flexibility index (Phi) is 13.7. The van der Waals surface area contributed by atoms with E-state index in [0.717, 1.165) is 0 Å². The highest BCUT2D eigenvalue weighted by Crippen LogP contribution is 2.11. The molecule has 0 aromatic carbocycles. The van der Waals surface area contributed by atoms with Gasteiger partial charge in [0.25, 0.3) is 0 Å². The summed E-state index contributed by atoms with van der Waals surface area (Å²) in [5.41, 5.74) is 11.0. The molecule has 0 aromatic heterocycles. The van der Waals surface area contributed by atoms with Gasteiger partial charge in [0.05, 0.1) is 12.2 Å². The maximum Gasteiger partial charge on any atom is 0.326 e. The first-order valence-electron chi connectivity index (χ1n) is 10.8. The van der Waals surface area contributed by atoms with Gasteiger partial charge in [-0.15, -0.1) is 0 Å². The Morgan fingerprint density at radius 2 is 1.38 bits per heavy atom. The lowest BCUT2D eigenvalue weighted by molar-refractivity contribution is -0.143. The Morgan fingerprint density at radius 3 is 1.81 bits per heavy atom. The van der Waals surface area contributed by atoms with Gasteiger partial charge >= 0.3 is 5.97 Å². The zero-order valence-corrected chi connectivity index (χ0v) is 19.2. The van der Waals surface area contributed by atoms with E-state index < -0.39 is 60.1 Å². The summed E-state index contributed by atoms with van der Waals surface area (Å²) in [5.74, 6) is -3.96. The molecule has 0 fully saturated rings. The molecular formula is C20H39N5O7. The van der Waals surface area contributed by atoms with Crippen LogP contribution in [0.15, 0.2) is 0 Å². The number of carbonyl (C=O) groups is 4. The molecule has 0 spiro atoms. The van der Waals surface area contributed by atoms with E-state index in [-0.39, 0.29) is 12.3 Å². The van der Waals surface area contributed by atoms with Gasteiger partial charge in [0.15, 0.2) is 0 Å². The molecule has 0 heterocycles. The number of nitrogens with two attached hydrogens (primary N) is 2. The molecule has 0 aliphatic rings. The Morgan fingerprint density at radius 1 is 0.844 bits per heavy atom. The smallest absolute Gasteiger partial charge is 0.326 e. The molecule has 0 saturated heterocycles. The number of amides is 3. The fourth-order valence-electron chi connectivity index (χ4n) is 2.83. The second-order valence-electron chi connectivity index (χ2n) is 8.05. The van der Waals surface area contributed by atoms with Crippen molar-refractivity contribution in [2.24, 2.45) is 17.4 Å². The Hall–Kier alpha value is -2.28. The predicted molar refractivity (Wildman–Crippen MR) is 117 cm³/mol. The van der Waals surface area contributed by atoms with Crippen LogP contribution in [0.4, 0.5) is 0 Å². The number of carboxylic acids is 1. The lowest BCUT2D eigenvalue weighted by Crippen LogP contribution is -2.61. The Bertz CT molecular complexity index is 629. The topological polar surface area (TPSA) is 217 Å². The zero-order chi connectivity index (χ0) is 25.0. The number of carboxylic acid groups (broad SMARTS) is 1. The van der Waals surface area contributed by atoms with E-state index in [1.807, 2.05) is 0 Å². The van der Waals surface area contributed by atoms with Crippen molar-refractivity contribution in [3.8, 4) is 0 Å². The number of aliphatic hydroxyl groups is 2. The van der Waals surface area contributed by atoms with Crippen LogP contribution in [-0.4, -0.2) is 81.9 Å². The molecule has 10 N–H and O–H groups in total. The summed E-state index contributed by atoms with van der Waals surface area (Å²) in [4.78, 5) is 49.2. The predicted octanol–water partition coefficient (Wildman–Crippen LogP) is -2.21. The van der Waals surface area contributed by atoms with Crippen LogP contribution in [0.25, 0.3) is 0 Å². The fraction of sp³-hybridized carbons (Fsp3) is 0.800. The van der Waals surface area contributed by atoms with Gasteiger partial charge in [0, 0.05) is 0 Å². The number of hydrogen-bond donors (Lipinski definition) is 8. The number of aliphatic carboxylic acids is 1. The molecule has 0 saturated carbocycles. The average Bonchev–Trinajstić information content (AvgIpc) is 2.72. The molecule has 0 rings (SSSR count). The third kappa shape index (κ3) is 9.90. The lowest BCUT2D eigenvalue weighted by Gasteiger charge is -2.29. The van der Waals surface area contributed by atoms with Gasteiger partial charge in [-0.05, 0) is 45.6 Å². The standard InChI is InChI=1S/C20H39N5O7/c1-5-10(2)15(18(29)23-13(20(31)32)8-6-7-9-21)24-19(30)16(12(4)27)25-17(28)14(22)11(3)26/h10-16,26-27H,5-9,21-22H2,1-4H3,(H,23,29)(H,24,30)(H,25,28)(H,31,32). The van der Waals surface area contributed by atoms with E-state index in [1.54, 1.807) is 13.8 Å². The van der Waals surface area contributed by atoms with Gasteiger partial charge in [0.2, 0.25) is 17.7 Å². The van der Waals surface area contributed by atoms with Gasteiger partial charge in [-0.25, -0.2) is 4.79 Å². The number of nitrogens with one attached hydrogen (secondary N) is 3. The second kappa shape index (κ2) is 14.7. The lowest BCUT2D eigenvalue weighted by atomic mass is 9.96. The fourth-order valence-corrected chi connectivity index (χ4v) is 2.83. The van der Waals surface area contributed by atoms with Crippen molar-refractivity contribution in [1.82, 2.24) is 16.0 Å². The first kappa shape index (κ1) is 29.7. The van der Waals surface area contributed by atoms with Crippen LogP contribution in [0, 0.1) is 5.92 Å². The number of unbranched alkanes of at least 4 members (excludes halogenated alkanes) is 1. The molecule has 32 heavy (non-hydrogen) atoms. The van der Waals surface area contributed by atoms with Crippen LogP contribution < -0.4 is 27.4 Å². The summed E-state index contributed by atoms with van der Waals surface area (Å²) in [6, 6.07) is -5.00. The van der Waals surface area contributed by atoms with Gasteiger partial charge in [-0.3, -0.25) is 14.4 Å². The largest absolute Gasteiger partial charge is 0.480 e. The van der Waals surface area contributed by atoms with Crippen LogP contribution in [0.5, 0.6) is 0 Å². The third-order valence-corrected chi connectivity index (χ3v) is 5.24. The number of carbonyl (C=O) groups excluding carboxylic acids is 3. The first-order valence-corrected chi connectivity index (χ1v) is 10.8. The molecule has 7 unspecified atom stereocenters. The van der Waals surface area contributed by atoms with Gasteiger partial charge in [-0.2, -0.15) is 0 Å². The highest BCUT2D eigenvalue weighted by Gasteiger charge is 2.34. The molecular weight excluding hydrogens is 422 g/mol. The zero-order valence-electron chi connectivity index (χ0n) is 19.2. The highest BCUT2D eigenvalue weighted by atomic mass is 16.4. The Labute approximate surface area is 188 Å². The minimum Gasteiger partial charge on any atom is -0.480 e. The van der Waals surface area contributed by atoms with E-state index in [2.05, 4.69) is 16.0 Å². The summed E-state index contributed by atoms with van der Waals surface area (Å²) < 4.78 is 0. The highest BCUT2D eigenvalue weighted by molar-refractivity contribution is 5.94. The van der Waals surface area contributed by atoms with Crippen LogP contribution in [0.2, 0.25) is 0 Å². The number of rotatable bonds is 15. The van der Waals surface area contributed by atoms with Crippen molar-refractivity contribution in [2.45, 2.75) is 89.8 Å². The maximum absolute atomic E-state index is 12.8. The maximum atomic E-state index is 12.8. The van der Waals surface area contributed by atoms with E-state index in [1.165, 1.54) is 13.8 Å². The van der Waals surface area contributed by atoms with E-state index in [4.69, 9.17) is 11.5 Å². The summed E-state index contributed by atoms with van der Waals surface area (Å²) in [6.45, 7) is 6.47. The number of aliphatic hydroxyl groups excluding tert-OH is 2. The van der Waals surface area contributed by atoms with E-state index >= 15 is 0 Å². The molecule has 0 bridgehead atoms. The van der Waals surface area contributed by atoms with Crippen molar-refractivity contribution in [3.63, 3.8) is 0 Å². The molecule has 0 aliphatic carbocycles. The summed E-state index contributed by atoms with van der Waals surface area (Å²) in [7, 11) is 0. The van der Waals surface area contributed by atoms with Crippen molar-refractivity contribution in [3.05, 3.63) is 0 Å². The van der Waals surface area contributed by atoms with Gasteiger partial charge < -0.3 is 42.7 Å². The monoisotopic (exact) mass is 461 g/mol. The van der Waals surface area contributed by atoms with Crippen LogP contribution in [-0.2, 0) is 19.2 Å². The van der Waals surface area contributed by atoms with Crippen LogP contribution >= 0.6 is 0 Å². The molecule has 12 heteroatoms. The summed E-state index contributed by atoms with van der Waals surface area (Å²) in [6.07, 6.45) is -0.726. The van der Waals surface area contributed by atoms with Gasteiger partial charge in [0.1, 0.15) is 24.2 Å². The summed E-state index contributed by atoms with van der Waals surface area (Å²) in [5, 5.41) is 36.0. The SMILES string of the molecule is CCC(C)C(NC(=O)C(NC(=O)C(N)C(C)O)C(C)O)C(=O)NC(CCCCN)C(=O)O. The summed E-state index contributed by atoms with van der Waals surface area (Å²) >= 11 is 0. The van der Waals surface area contributed by atoms with Crippen LogP contribution in [0.3, 0.4) is 0 Å².